The molecule has 0 aromatic heterocycles. The van der Waals surface area contributed by atoms with Crippen LogP contribution in [0.15, 0.2) is 84.9 Å². The van der Waals surface area contributed by atoms with Crippen LogP contribution in [0, 0.1) is 0 Å². The van der Waals surface area contributed by atoms with Crippen molar-refractivity contribution in [2.75, 3.05) is 12.0 Å². The van der Waals surface area contributed by atoms with Crippen LogP contribution in [0.5, 0.6) is 0 Å². The summed E-state index contributed by atoms with van der Waals surface area (Å²) in [5.41, 5.74) is 2.25. The van der Waals surface area contributed by atoms with Gasteiger partial charge in [-0.1, -0.05) is 71.7 Å². The number of benzene rings is 4. The fourth-order valence-corrected chi connectivity index (χ4v) is 4.23. The maximum Gasteiger partial charge on any atom is 0.337 e. The first-order chi connectivity index (χ1) is 15.5. The van der Waals surface area contributed by atoms with Gasteiger partial charge in [-0.25, -0.2) is 4.79 Å². The van der Waals surface area contributed by atoms with Gasteiger partial charge in [-0.15, -0.1) is 0 Å². The van der Waals surface area contributed by atoms with E-state index in [2.05, 4.69) is 0 Å². The van der Waals surface area contributed by atoms with Crippen molar-refractivity contribution in [2.45, 2.75) is 6.54 Å². The van der Waals surface area contributed by atoms with E-state index < -0.39 is 5.97 Å². The smallest absolute Gasteiger partial charge is 0.337 e. The second kappa shape index (κ2) is 9.43. The topological polar surface area (TPSA) is 46.6 Å². The van der Waals surface area contributed by atoms with Gasteiger partial charge in [0.25, 0.3) is 5.91 Å². The Balaban J connectivity index is 1.97. The lowest BCUT2D eigenvalue weighted by molar-refractivity contribution is 0.0600. The van der Waals surface area contributed by atoms with E-state index in [1.165, 1.54) is 7.11 Å². The third-order valence-electron chi connectivity index (χ3n) is 5.11. The number of amides is 1. The summed E-state index contributed by atoms with van der Waals surface area (Å²) in [7, 11) is 1.31. The molecule has 0 fully saturated rings. The number of nitrogens with zero attached hydrogens (tertiary/aromatic N) is 1. The molecular formula is C26H19Cl2NO3. The highest BCUT2D eigenvalue weighted by Crippen LogP contribution is 2.38. The van der Waals surface area contributed by atoms with Crippen molar-refractivity contribution < 1.29 is 14.3 Å². The van der Waals surface area contributed by atoms with E-state index in [9.17, 15) is 9.59 Å². The molecule has 0 aliphatic rings. The highest BCUT2D eigenvalue weighted by atomic mass is 35.5. The zero-order valence-electron chi connectivity index (χ0n) is 17.2. The second-order valence-electron chi connectivity index (χ2n) is 7.22. The van der Waals surface area contributed by atoms with Gasteiger partial charge in [-0.2, -0.15) is 0 Å². The fourth-order valence-electron chi connectivity index (χ4n) is 3.62. The molecule has 0 aliphatic heterocycles. The monoisotopic (exact) mass is 463 g/mol. The number of methoxy groups -OCH3 is 1. The Kier molecular flexibility index (Phi) is 6.45. The van der Waals surface area contributed by atoms with Gasteiger partial charge >= 0.3 is 5.97 Å². The van der Waals surface area contributed by atoms with Gasteiger partial charge in [0.1, 0.15) is 0 Å². The summed E-state index contributed by atoms with van der Waals surface area (Å²) in [6.45, 7) is 0.285. The highest BCUT2D eigenvalue weighted by Gasteiger charge is 2.24. The van der Waals surface area contributed by atoms with Gasteiger partial charge in [-0.05, 0) is 47.3 Å². The molecule has 0 radical (unpaired) electrons. The van der Waals surface area contributed by atoms with Gasteiger partial charge in [-0.3, -0.25) is 4.79 Å². The molecule has 4 rings (SSSR count). The molecule has 4 aromatic rings. The summed E-state index contributed by atoms with van der Waals surface area (Å²) in [5, 5.41) is 2.08. The molecule has 0 aliphatic carbocycles. The predicted octanol–water partition coefficient (Wildman–Crippen LogP) is 6.78. The van der Waals surface area contributed by atoms with Crippen molar-refractivity contribution in [1.29, 1.82) is 0 Å². The second-order valence-corrected chi connectivity index (χ2v) is 8.06. The third kappa shape index (κ3) is 4.47. The molecular weight excluding hydrogens is 445 g/mol. The molecule has 0 bridgehead atoms. The van der Waals surface area contributed by atoms with Crippen LogP contribution in [0.4, 0.5) is 5.69 Å². The predicted molar refractivity (Wildman–Crippen MR) is 129 cm³/mol. The van der Waals surface area contributed by atoms with Crippen LogP contribution in [0.2, 0.25) is 10.0 Å². The van der Waals surface area contributed by atoms with Crippen molar-refractivity contribution >= 4 is 51.5 Å². The lowest BCUT2D eigenvalue weighted by Crippen LogP contribution is -2.31. The Hall–Kier alpha value is -3.34. The first-order valence-corrected chi connectivity index (χ1v) is 10.7. The van der Waals surface area contributed by atoms with E-state index in [-0.39, 0.29) is 12.5 Å². The molecule has 4 nitrogen and oxygen atoms in total. The molecule has 32 heavy (non-hydrogen) atoms. The molecule has 160 valence electrons. The number of hydrogen-bond acceptors (Lipinski definition) is 3. The van der Waals surface area contributed by atoms with Crippen molar-refractivity contribution in [3.05, 3.63) is 112 Å². The number of esters is 1. The molecule has 0 heterocycles. The Morgan fingerprint density at radius 1 is 0.844 bits per heavy atom. The molecule has 0 unspecified atom stereocenters. The minimum Gasteiger partial charge on any atom is -0.465 e. The van der Waals surface area contributed by atoms with Crippen LogP contribution in [0.3, 0.4) is 0 Å². The van der Waals surface area contributed by atoms with Crippen LogP contribution < -0.4 is 4.90 Å². The average Bonchev–Trinajstić information content (AvgIpc) is 2.81. The van der Waals surface area contributed by atoms with Crippen molar-refractivity contribution in [2.24, 2.45) is 0 Å². The minimum atomic E-state index is -0.518. The Labute approximate surface area is 195 Å². The maximum atomic E-state index is 13.7. The largest absolute Gasteiger partial charge is 0.465 e. The van der Waals surface area contributed by atoms with Crippen molar-refractivity contribution in [1.82, 2.24) is 0 Å². The number of carbonyl (C=O) groups excluding carboxylic acids is 2. The molecule has 0 spiro atoms. The molecule has 0 N–H and O–H groups in total. The van der Waals surface area contributed by atoms with Crippen LogP contribution in [-0.2, 0) is 11.3 Å². The molecule has 1 amide bonds. The Morgan fingerprint density at radius 2 is 1.50 bits per heavy atom. The van der Waals surface area contributed by atoms with Gasteiger partial charge in [0.15, 0.2) is 0 Å². The van der Waals surface area contributed by atoms with E-state index >= 15 is 0 Å². The number of hydrogen-bond donors (Lipinski definition) is 0. The Morgan fingerprint density at radius 3 is 2.16 bits per heavy atom. The first kappa shape index (κ1) is 21.9. The summed E-state index contributed by atoms with van der Waals surface area (Å²) in [4.78, 5) is 27.7. The molecule has 6 heteroatoms. The highest BCUT2D eigenvalue weighted by molar-refractivity contribution is 6.40. The fraction of sp³-hybridized carbons (Fsp3) is 0.0769. The minimum absolute atomic E-state index is 0.219. The lowest BCUT2D eigenvalue weighted by atomic mass is 10.0. The van der Waals surface area contributed by atoms with Crippen LogP contribution >= 0.6 is 23.2 Å². The van der Waals surface area contributed by atoms with Gasteiger partial charge in [0.05, 0.1) is 29.9 Å². The molecule has 0 saturated heterocycles. The van der Waals surface area contributed by atoms with Gasteiger partial charge in [0, 0.05) is 16.0 Å². The van der Waals surface area contributed by atoms with E-state index in [4.69, 9.17) is 27.9 Å². The summed E-state index contributed by atoms with van der Waals surface area (Å²) in [6.07, 6.45) is 0. The molecule has 0 atom stereocenters. The Bertz CT molecular complexity index is 1290. The summed E-state index contributed by atoms with van der Waals surface area (Å²) in [6, 6.07) is 25.2. The van der Waals surface area contributed by atoms with Gasteiger partial charge < -0.3 is 9.64 Å². The van der Waals surface area contributed by atoms with E-state index in [0.29, 0.717) is 37.6 Å². The quantitative estimate of drug-likeness (QED) is 0.306. The number of halogens is 2. The summed E-state index contributed by atoms with van der Waals surface area (Å²) >= 11 is 12.8. The molecule has 0 saturated carbocycles. The summed E-state index contributed by atoms with van der Waals surface area (Å²) < 4.78 is 4.94. The zero-order valence-corrected chi connectivity index (χ0v) is 18.7. The number of anilines is 1. The maximum absolute atomic E-state index is 13.7. The molecule has 4 aromatic carbocycles. The lowest BCUT2D eigenvalue weighted by Gasteiger charge is -2.26. The zero-order chi connectivity index (χ0) is 22.7. The average molecular weight is 464 g/mol. The van der Waals surface area contributed by atoms with Crippen molar-refractivity contribution in [3.63, 3.8) is 0 Å². The number of carbonyl (C=O) groups is 2. The number of rotatable bonds is 5. The van der Waals surface area contributed by atoms with E-state index in [1.807, 2.05) is 48.5 Å². The van der Waals surface area contributed by atoms with Crippen molar-refractivity contribution in [3.8, 4) is 0 Å². The number of ether oxygens (including phenoxy) is 1. The number of fused-ring (bicyclic) bond motifs is 1. The van der Waals surface area contributed by atoms with Crippen LogP contribution in [0.25, 0.3) is 10.8 Å². The standard InChI is InChI=1S/C26H19Cl2NO3/c1-32-26(31)20-12-19-13-21(27)15-22(28)24(19)23(14-20)29(16-17-8-4-2-5-9-17)25(30)18-10-6-3-7-11-18/h2-15H,16H2,1H3. The summed E-state index contributed by atoms with van der Waals surface area (Å²) in [5.74, 6) is -0.736. The normalized spacial score (nSPS) is 10.7. The third-order valence-corrected chi connectivity index (χ3v) is 5.62. The van der Waals surface area contributed by atoms with Crippen LogP contribution in [-0.4, -0.2) is 19.0 Å². The van der Waals surface area contributed by atoms with Crippen LogP contribution in [0.1, 0.15) is 26.3 Å². The van der Waals surface area contributed by atoms with E-state index in [0.717, 1.165) is 5.56 Å². The van der Waals surface area contributed by atoms with E-state index in [1.54, 1.807) is 41.3 Å². The first-order valence-electron chi connectivity index (χ1n) is 9.90. The SMILES string of the molecule is COC(=O)c1cc(N(Cc2ccccc2)C(=O)c2ccccc2)c2c(Cl)cc(Cl)cc2c1. The van der Waals surface area contributed by atoms with Gasteiger partial charge in [0.2, 0.25) is 0 Å².